The first-order valence-electron chi connectivity index (χ1n) is 4.54. The first-order valence-corrected chi connectivity index (χ1v) is 5.38. The molecule has 1 unspecified atom stereocenters. The minimum absolute atomic E-state index is 0.120. The normalized spacial score (nSPS) is 12.8. The van der Waals surface area contributed by atoms with Crippen molar-refractivity contribution in [3.8, 4) is 0 Å². The predicted molar refractivity (Wildman–Crippen MR) is 52.9 cm³/mol. The lowest BCUT2D eigenvalue weighted by Crippen LogP contribution is -2.06. The van der Waals surface area contributed by atoms with Crippen molar-refractivity contribution in [1.29, 1.82) is 0 Å². The van der Waals surface area contributed by atoms with Crippen LogP contribution in [-0.2, 0) is 0 Å². The lowest BCUT2D eigenvalue weighted by atomic mass is 9.99. The van der Waals surface area contributed by atoms with Crippen molar-refractivity contribution in [3.63, 3.8) is 0 Å². The van der Waals surface area contributed by atoms with Gasteiger partial charge in [-0.1, -0.05) is 31.2 Å². The Kier molecular flexibility index (Phi) is 4.02. The van der Waals surface area contributed by atoms with Crippen LogP contribution < -0.4 is 0 Å². The lowest BCUT2D eigenvalue weighted by Gasteiger charge is -2.06. The fourth-order valence-electron chi connectivity index (χ4n) is 1.30. The maximum absolute atomic E-state index is 11.5. The van der Waals surface area contributed by atoms with Crippen molar-refractivity contribution in [1.82, 2.24) is 9.59 Å². The highest BCUT2D eigenvalue weighted by Crippen LogP contribution is 2.13. The molecule has 13 heavy (non-hydrogen) atoms. The second-order valence-electron chi connectivity index (χ2n) is 3.31. The number of aromatic nitrogens is 2. The Balaban J connectivity index is 2.42. The Morgan fingerprint density at radius 2 is 2.46 bits per heavy atom. The molecule has 0 aliphatic heterocycles. The first-order chi connectivity index (χ1) is 6.24. The average Bonchev–Trinajstić information content (AvgIpc) is 2.55. The maximum Gasteiger partial charge on any atom is 0.184 e. The average molecular weight is 198 g/mol. The van der Waals surface area contributed by atoms with Gasteiger partial charge in [-0.2, -0.15) is 0 Å². The third-order valence-electron chi connectivity index (χ3n) is 1.96. The number of hydrogen-bond donors (Lipinski definition) is 0. The molecule has 0 fully saturated rings. The van der Waals surface area contributed by atoms with Crippen LogP contribution in [0, 0.1) is 5.92 Å². The van der Waals surface area contributed by atoms with Crippen molar-refractivity contribution in [2.24, 2.45) is 5.92 Å². The molecule has 0 saturated carbocycles. The van der Waals surface area contributed by atoms with E-state index < -0.39 is 0 Å². The molecule has 0 aliphatic rings. The molecule has 0 bridgehead atoms. The van der Waals surface area contributed by atoms with Crippen LogP contribution in [0.3, 0.4) is 0 Å². The molecule has 1 aromatic rings. The van der Waals surface area contributed by atoms with Crippen molar-refractivity contribution in [2.75, 3.05) is 0 Å². The quantitative estimate of drug-likeness (QED) is 0.683. The Morgan fingerprint density at radius 3 is 3.00 bits per heavy atom. The molecule has 1 aromatic heterocycles. The van der Waals surface area contributed by atoms with Gasteiger partial charge in [0.1, 0.15) is 5.69 Å². The highest BCUT2D eigenvalue weighted by molar-refractivity contribution is 7.03. The smallest absolute Gasteiger partial charge is 0.184 e. The van der Waals surface area contributed by atoms with Crippen molar-refractivity contribution in [2.45, 2.75) is 33.1 Å². The zero-order valence-electron chi connectivity index (χ0n) is 7.99. The van der Waals surface area contributed by atoms with E-state index in [2.05, 4.69) is 23.4 Å². The summed E-state index contributed by atoms with van der Waals surface area (Å²) in [5, 5.41) is 5.46. The monoisotopic (exact) mass is 198 g/mol. The van der Waals surface area contributed by atoms with Crippen molar-refractivity contribution < 1.29 is 4.79 Å². The standard InChI is InChI=1S/C9H14N2OS/c1-3-4-7(2)5-9(12)8-6-13-11-10-8/h6-7H,3-5H2,1-2H3. The first kappa shape index (κ1) is 10.3. The molecule has 1 rings (SSSR count). The number of Topliss-reactive ketones (excluding diaryl/α,β-unsaturated/α-hetero) is 1. The van der Waals surface area contributed by atoms with Crippen LogP contribution in [0.5, 0.6) is 0 Å². The molecule has 0 N–H and O–H groups in total. The summed E-state index contributed by atoms with van der Waals surface area (Å²) >= 11 is 1.23. The van der Waals surface area contributed by atoms with Gasteiger partial charge in [-0.15, -0.1) is 5.10 Å². The van der Waals surface area contributed by atoms with Crippen LogP contribution in [0.25, 0.3) is 0 Å². The van der Waals surface area contributed by atoms with E-state index in [9.17, 15) is 4.79 Å². The highest BCUT2D eigenvalue weighted by Gasteiger charge is 2.12. The Morgan fingerprint density at radius 1 is 1.69 bits per heavy atom. The van der Waals surface area contributed by atoms with Gasteiger partial charge in [-0.3, -0.25) is 4.79 Å². The molecule has 1 heterocycles. The third kappa shape index (κ3) is 3.22. The third-order valence-corrected chi connectivity index (χ3v) is 2.47. The SMILES string of the molecule is CCCC(C)CC(=O)c1csnn1. The van der Waals surface area contributed by atoms with E-state index in [-0.39, 0.29) is 5.78 Å². The van der Waals surface area contributed by atoms with E-state index in [4.69, 9.17) is 0 Å². The van der Waals surface area contributed by atoms with E-state index in [1.807, 2.05) is 0 Å². The summed E-state index contributed by atoms with van der Waals surface area (Å²) in [6, 6.07) is 0. The summed E-state index contributed by atoms with van der Waals surface area (Å²) in [6.45, 7) is 4.23. The number of hydrogen-bond acceptors (Lipinski definition) is 4. The van der Waals surface area contributed by atoms with Gasteiger partial charge in [-0.05, 0) is 17.5 Å². The molecular formula is C9H14N2OS. The molecule has 0 spiro atoms. The molecule has 0 saturated heterocycles. The van der Waals surface area contributed by atoms with Gasteiger partial charge in [0.05, 0.1) is 0 Å². The molecule has 0 aliphatic carbocycles. The van der Waals surface area contributed by atoms with Crippen LogP contribution in [0.15, 0.2) is 5.38 Å². The molecular weight excluding hydrogens is 184 g/mol. The van der Waals surface area contributed by atoms with Crippen molar-refractivity contribution in [3.05, 3.63) is 11.1 Å². The Labute approximate surface area is 82.3 Å². The zero-order chi connectivity index (χ0) is 9.68. The van der Waals surface area contributed by atoms with E-state index in [0.717, 1.165) is 12.8 Å². The van der Waals surface area contributed by atoms with Gasteiger partial charge in [0.15, 0.2) is 5.78 Å². The Bertz CT molecular complexity index is 259. The van der Waals surface area contributed by atoms with Crippen LogP contribution in [-0.4, -0.2) is 15.4 Å². The number of nitrogens with zero attached hydrogens (tertiary/aromatic N) is 2. The molecule has 4 heteroatoms. The molecule has 72 valence electrons. The van der Waals surface area contributed by atoms with E-state index in [0.29, 0.717) is 18.0 Å². The molecule has 0 aromatic carbocycles. The number of carbonyl (C=O) groups excluding carboxylic acids is 1. The fourth-order valence-corrected chi connectivity index (χ4v) is 1.76. The van der Waals surface area contributed by atoms with Crippen molar-refractivity contribution >= 4 is 17.3 Å². The summed E-state index contributed by atoms with van der Waals surface area (Å²) < 4.78 is 3.67. The summed E-state index contributed by atoms with van der Waals surface area (Å²) in [5.41, 5.74) is 0.521. The van der Waals surface area contributed by atoms with Crippen LogP contribution in [0.1, 0.15) is 43.6 Å². The van der Waals surface area contributed by atoms with Gasteiger partial charge in [0.25, 0.3) is 0 Å². The van der Waals surface area contributed by atoms with E-state index >= 15 is 0 Å². The van der Waals surface area contributed by atoms with Crippen LogP contribution in [0.4, 0.5) is 0 Å². The predicted octanol–water partition coefficient (Wildman–Crippen LogP) is 2.55. The molecule has 1 atom stereocenters. The van der Waals surface area contributed by atoms with E-state index in [1.54, 1.807) is 5.38 Å². The van der Waals surface area contributed by atoms with Gasteiger partial charge < -0.3 is 0 Å². The second-order valence-corrected chi connectivity index (χ2v) is 3.92. The molecule has 3 nitrogen and oxygen atoms in total. The minimum atomic E-state index is 0.120. The molecule has 0 radical (unpaired) electrons. The topological polar surface area (TPSA) is 42.9 Å². The summed E-state index contributed by atoms with van der Waals surface area (Å²) in [7, 11) is 0. The van der Waals surface area contributed by atoms with Crippen LogP contribution in [0.2, 0.25) is 0 Å². The summed E-state index contributed by atoms with van der Waals surface area (Å²) in [4.78, 5) is 11.5. The maximum atomic E-state index is 11.5. The van der Waals surface area contributed by atoms with Gasteiger partial charge in [0, 0.05) is 11.8 Å². The van der Waals surface area contributed by atoms with Gasteiger partial charge in [0.2, 0.25) is 0 Å². The zero-order valence-corrected chi connectivity index (χ0v) is 8.80. The summed E-state index contributed by atoms with van der Waals surface area (Å²) in [6.07, 6.45) is 2.83. The Hall–Kier alpha value is -0.770. The molecule has 0 amide bonds. The fraction of sp³-hybridized carbons (Fsp3) is 0.667. The lowest BCUT2D eigenvalue weighted by molar-refractivity contribution is 0.0957. The number of carbonyl (C=O) groups is 1. The van der Waals surface area contributed by atoms with Crippen LogP contribution >= 0.6 is 11.5 Å². The number of ketones is 1. The highest BCUT2D eigenvalue weighted by atomic mass is 32.1. The van der Waals surface area contributed by atoms with Gasteiger partial charge in [-0.25, -0.2) is 0 Å². The number of rotatable bonds is 5. The largest absolute Gasteiger partial charge is 0.292 e. The van der Waals surface area contributed by atoms with E-state index in [1.165, 1.54) is 11.5 Å². The van der Waals surface area contributed by atoms with Gasteiger partial charge >= 0.3 is 0 Å². The minimum Gasteiger partial charge on any atom is -0.292 e. The summed E-state index contributed by atoms with van der Waals surface area (Å²) in [5.74, 6) is 0.578. The second kappa shape index (κ2) is 5.07.